The first-order chi connectivity index (χ1) is 19.9. The van der Waals surface area contributed by atoms with E-state index in [4.69, 9.17) is 0 Å². The molecule has 0 aliphatic rings. The molecule has 0 fully saturated rings. The van der Waals surface area contributed by atoms with E-state index in [2.05, 4.69) is 64.8 Å². The van der Waals surface area contributed by atoms with Crippen LogP contribution in [-0.4, -0.2) is 64.8 Å². The molecule has 0 aliphatic carbocycles. The van der Waals surface area contributed by atoms with Crippen molar-refractivity contribution in [3.05, 3.63) is 118 Å². The molecule has 8 aromatic heterocycles. The van der Waals surface area contributed by atoms with Crippen molar-refractivity contribution >= 4 is 43.9 Å². The summed E-state index contributed by atoms with van der Waals surface area (Å²) in [5.41, 5.74) is 4.12. The smallest absolute Gasteiger partial charge is 0.162 e. The summed E-state index contributed by atoms with van der Waals surface area (Å²) in [6, 6.07) is 7.54. The molecule has 13 heteroatoms. The van der Waals surface area contributed by atoms with Crippen molar-refractivity contribution in [1.29, 1.82) is 0 Å². The Morgan fingerprint density at radius 1 is 0.325 bits per heavy atom. The lowest BCUT2D eigenvalue weighted by atomic mass is 10.3. The molecular formula is C27H19N13. The molecule has 0 bridgehead atoms. The van der Waals surface area contributed by atoms with Gasteiger partial charge in [-0.2, -0.15) is 0 Å². The quantitative estimate of drug-likeness (QED) is 0.282. The molecule has 192 valence electrons. The molecule has 40 heavy (non-hydrogen) atoms. The summed E-state index contributed by atoms with van der Waals surface area (Å²) >= 11 is 0. The van der Waals surface area contributed by atoms with Crippen LogP contribution in [0.1, 0.15) is 0 Å². The van der Waals surface area contributed by atoms with Crippen LogP contribution in [0.4, 0.5) is 0 Å². The van der Waals surface area contributed by atoms with Gasteiger partial charge < -0.3 is 0 Å². The second kappa shape index (κ2) is 13.4. The maximum atomic E-state index is 4.03. The highest BCUT2D eigenvalue weighted by molar-refractivity contribution is 5.76. The first kappa shape index (κ1) is 25.5. The Balaban J connectivity index is 0.000000108. The van der Waals surface area contributed by atoms with Crippen LogP contribution in [0.3, 0.4) is 0 Å². The highest BCUT2D eigenvalue weighted by Crippen LogP contribution is 2.05. The van der Waals surface area contributed by atoms with Crippen molar-refractivity contribution in [2.75, 3.05) is 0 Å². The third-order valence-electron chi connectivity index (χ3n) is 5.08. The standard InChI is InChI=1S/3C7H5N3.C6H4N4/c1-2-8-3-6-4-9-5-10-7(1)6;1-2-8-4-7-6(1)3-9-5-10-7;1-2-6-4-8-5-10-7(6)9-3-1;1-5-6(10-3-7-1)2-8-4-9-5/h3*1-5H;1-4H. The van der Waals surface area contributed by atoms with E-state index in [1.54, 1.807) is 62.0 Å². The van der Waals surface area contributed by atoms with Gasteiger partial charge in [-0.1, -0.05) is 0 Å². The topological polar surface area (TPSA) is 168 Å². The lowest BCUT2D eigenvalue weighted by Gasteiger charge is -1.90. The Morgan fingerprint density at radius 3 is 1.55 bits per heavy atom. The molecule has 0 atom stereocenters. The molecule has 0 radical (unpaired) electrons. The van der Waals surface area contributed by atoms with Gasteiger partial charge in [0.15, 0.2) is 5.65 Å². The molecule has 8 aromatic rings. The SMILES string of the molecule is c1cc2cncnc2cn1.c1cc2ncncc2cn1.c1cnc2ncncc2c1.c1ncc2ncncc2n1. The first-order valence-corrected chi connectivity index (χ1v) is 11.7. The Hall–Kier alpha value is -6.11. The third-order valence-corrected chi connectivity index (χ3v) is 5.08. The van der Waals surface area contributed by atoms with Crippen molar-refractivity contribution in [2.24, 2.45) is 0 Å². The molecule has 0 saturated heterocycles. The van der Waals surface area contributed by atoms with Crippen LogP contribution in [0, 0.1) is 0 Å². The van der Waals surface area contributed by atoms with Crippen molar-refractivity contribution in [3.63, 3.8) is 0 Å². The van der Waals surface area contributed by atoms with Crippen molar-refractivity contribution < 1.29 is 0 Å². The first-order valence-electron chi connectivity index (χ1n) is 11.7. The average molecular weight is 526 g/mol. The van der Waals surface area contributed by atoms with Gasteiger partial charge in [0.1, 0.15) is 42.7 Å². The maximum Gasteiger partial charge on any atom is 0.162 e. The molecule has 0 aliphatic heterocycles. The van der Waals surface area contributed by atoms with Crippen LogP contribution in [-0.2, 0) is 0 Å². The predicted molar refractivity (Wildman–Crippen MR) is 147 cm³/mol. The number of nitrogens with zero attached hydrogens (tertiary/aromatic N) is 13. The molecule has 0 N–H and O–H groups in total. The Labute approximate surface area is 226 Å². The monoisotopic (exact) mass is 525 g/mol. The molecule has 8 heterocycles. The molecule has 0 amide bonds. The molecule has 0 aromatic carbocycles. The van der Waals surface area contributed by atoms with Crippen molar-refractivity contribution in [2.45, 2.75) is 0 Å². The van der Waals surface area contributed by atoms with Gasteiger partial charge in [-0.25, -0.2) is 54.8 Å². The number of rotatable bonds is 0. The van der Waals surface area contributed by atoms with Gasteiger partial charge >= 0.3 is 0 Å². The largest absolute Gasteiger partial charge is 0.264 e. The summed E-state index contributed by atoms with van der Waals surface area (Å²) in [5.74, 6) is 0. The molecule has 0 unspecified atom stereocenters. The minimum atomic E-state index is 0.748. The number of fused-ring (bicyclic) bond motifs is 4. The number of hydrogen-bond donors (Lipinski definition) is 0. The van der Waals surface area contributed by atoms with Gasteiger partial charge in [-0.05, 0) is 24.3 Å². The van der Waals surface area contributed by atoms with E-state index < -0.39 is 0 Å². The summed E-state index contributed by atoms with van der Waals surface area (Å²) < 4.78 is 0. The lowest BCUT2D eigenvalue weighted by molar-refractivity contribution is 1.15. The zero-order valence-corrected chi connectivity index (χ0v) is 20.8. The lowest BCUT2D eigenvalue weighted by Crippen LogP contribution is -1.84. The summed E-state index contributed by atoms with van der Waals surface area (Å²) in [6.45, 7) is 0. The second-order valence-corrected chi connectivity index (χ2v) is 7.67. The Morgan fingerprint density at radius 2 is 0.850 bits per heavy atom. The zero-order valence-electron chi connectivity index (χ0n) is 20.8. The molecule has 13 nitrogen and oxygen atoms in total. The molecule has 8 rings (SSSR count). The molecule has 0 spiro atoms. The predicted octanol–water partition coefficient (Wildman–Crippen LogP) is 3.49. The minimum absolute atomic E-state index is 0.748. The molecule has 0 saturated carbocycles. The van der Waals surface area contributed by atoms with E-state index in [-0.39, 0.29) is 0 Å². The van der Waals surface area contributed by atoms with Crippen LogP contribution in [0.25, 0.3) is 43.9 Å². The van der Waals surface area contributed by atoms with E-state index in [9.17, 15) is 0 Å². The minimum Gasteiger partial charge on any atom is -0.264 e. The van der Waals surface area contributed by atoms with Gasteiger partial charge in [0.25, 0.3) is 0 Å². The Bertz CT molecular complexity index is 1410. The summed E-state index contributed by atoms with van der Waals surface area (Å²) in [4.78, 5) is 51.0. The summed E-state index contributed by atoms with van der Waals surface area (Å²) in [7, 11) is 0. The zero-order chi connectivity index (χ0) is 27.2. The van der Waals surface area contributed by atoms with Crippen LogP contribution >= 0.6 is 0 Å². The maximum absolute atomic E-state index is 4.03. The Kier molecular flexibility index (Phi) is 8.58. The van der Waals surface area contributed by atoms with Gasteiger partial charge in [0, 0.05) is 59.5 Å². The van der Waals surface area contributed by atoms with E-state index in [1.807, 2.05) is 24.3 Å². The second-order valence-electron chi connectivity index (χ2n) is 7.67. The van der Waals surface area contributed by atoms with Gasteiger partial charge in [0.2, 0.25) is 0 Å². The normalized spacial score (nSPS) is 10.0. The molecular weight excluding hydrogens is 506 g/mol. The fourth-order valence-corrected chi connectivity index (χ4v) is 3.20. The van der Waals surface area contributed by atoms with Gasteiger partial charge in [-0.3, -0.25) is 9.97 Å². The van der Waals surface area contributed by atoms with E-state index in [0.717, 1.165) is 43.9 Å². The summed E-state index contributed by atoms with van der Waals surface area (Å²) in [6.07, 6.45) is 24.7. The van der Waals surface area contributed by atoms with E-state index >= 15 is 0 Å². The fraction of sp³-hybridized carbons (Fsp3) is 0. The van der Waals surface area contributed by atoms with E-state index in [1.165, 1.54) is 31.6 Å². The average Bonchev–Trinajstić information content (AvgIpc) is 3.06. The number of hydrogen-bond acceptors (Lipinski definition) is 13. The number of aromatic nitrogens is 13. The third kappa shape index (κ3) is 7.01. The van der Waals surface area contributed by atoms with Gasteiger partial charge in [-0.15, -0.1) is 0 Å². The van der Waals surface area contributed by atoms with E-state index in [0.29, 0.717) is 0 Å². The van der Waals surface area contributed by atoms with Crippen LogP contribution in [0.15, 0.2) is 118 Å². The van der Waals surface area contributed by atoms with Gasteiger partial charge in [0.05, 0.1) is 29.6 Å². The van der Waals surface area contributed by atoms with Crippen molar-refractivity contribution in [1.82, 2.24) is 64.8 Å². The number of pyridine rings is 3. The summed E-state index contributed by atoms with van der Waals surface area (Å²) in [5, 5.41) is 2.98. The van der Waals surface area contributed by atoms with Crippen LogP contribution in [0.5, 0.6) is 0 Å². The highest BCUT2D eigenvalue weighted by Gasteiger charge is 1.92. The highest BCUT2D eigenvalue weighted by atomic mass is 14.9. The fourth-order valence-electron chi connectivity index (χ4n) is 3.20. The van der Waals surface area contributed by atoms with Crippen LogP contribution < -0.4 is 0 Å². The van der Waals surface area contributed by atoms with Crippen molar-refractivity contribution in [3.8, 4) is 0 Å². The van der Waals surface area contributed by atoms with Crippen LogP contribution in [0.2, 0.25) is 0 Å².